The molecule has 0 spiro atoms. The largest absolute Gasteiger partial charge is 0.573 e. The molecule has 36 heavy (non-hydrogen) atoms. The van der Waals surface area contributed by atoms with E-state index in [2.05, 4.69) is 20.0 Å². The standard InChI is InChI=1S/C25H22F3N5O2S/c26-25(27,28)35-22-8-2-1-5-20(22)33-14-4-6-19(33)18-16-36-24(30-18)31-23(34)21-7-3-13-32(21)15-17-9-11-29-12-10-17/h1-3,5,7-13,16,19H,4,6,14-15H2,(H,30,31,34)/t19-/m1/s1. The molecule has 5 rings (SSSR count). The number of ether oxygens (including phenoxy) is 1. The van der Waals surface area contributed by atoms with Crippen molar-refractivity contribution in [1.82, 2.24) is 14.5 Å². The lowest BCUT2D eigenvalue weighted by Crippen LogP contribution is -2.25. The van der Waals surface area contributed by atoms with Crippen LogP contribution in [0, 0.1) is 0 Å². The highest BCUT2D eigenvalue weighted by Crippen LogP contribution is 2.42. The van der Waals surface area contributed by atoms with Crippen molar-refractivity contribution in [1.29, 1.82) is 0 Å². The highest BCUT2D eigenvalue weighted by molar-refractivity contribution is 7.14. The Hall–Kier alpha value is -3.86. The molecule has 4 aromatic rings. The third-order valence-corrected chi connectivity index (χ3v) is 6.68. The molecule has 1 atom stereocenters. The number of halogens is 3. The average Bonchev–Trinajstić information content (AvgIpc) is 3.60. The van der Waals surface area contributed by atoms with Crippen LogP contribution in [-0.2, 0) is 6.54 Å². The van der Waals surface area contributed by atoms with E-state index in [-0.39, 0.29) is 17.7 Å². The van der Waals surface area contributed by atoms with Crippen LogP contribution in [0.2, 0.25) is 0 Å². The van der Waals surface area contributed by atoms with E-state index in [0.29, 0.717) is 35.3 Å². The van der Waals surface area contributed by atoms with Gasteiger partial charge in [0.1, 0.15) is 5.69 Å². The normalized spacial score (nSPS) is 15.8. The summed E-state index contributed by atoms with van der Waals surface area (Å²) in [6.07, 6.45) is 1.99. The van der Waals surface area contributed by atoms with Crippen molar-refractivity contribution in [2.24, 2.45) is 0 Å². The second kappa shape index (κ2) is 10.0. The Balaban J connectivity index is 1.31. The van der Waals surface area contributed by atoms with E-state index in [0.717, 1.165) is 18.4 Å². The molecule has 1 fully saturated rings. The molecular formula is C25H22F3N5O2S. The van der Waals surface area contributed by atoms with Gasteiger partial charge in [-0.15, -0.1) is 24.5 Å². The first kappa shape index (κ1) is 23.9. The number of carbonyl (C=O) groups excluding carboxylic acids is 1. The molecule has 11 heteroatoms. The quantitative estimate of drug-likeness (QED) is 0.334. The van der Waals surface area contributed by atoms with Crippen molar-refractivity contribution < 1.29 is 22.7 Å². The van der Waals surface area contributed by atoms with Crippen LogP contribution in [0.5, 0.6) is 5.75 Å². The predicted molar refractivity (Wildman–Crippen MR) is 130 cm³/mol. The van der Waals surface area contributed by atoms with Gasteiger partial charge >= 0.3 is 6.36 Å². The van der Waals surface area contributed by atoms with Crippen LogP contribution in [0.4, 0.5) is 24.0 Å². The fraction of sp³-hybridized carbons (Fsp3) is 0.240. The molecular weight excluding hydrogens is 491 g/mol. The Morgan fingerprint density at radius 1 is 1.14 bits per heavy atom. The minimum atomic E-state index is -4.78. The summed E-state index contributed by atoms with van der Waals surface area (Å²) in [5, 5.41) is 5.12. The van der Waals surface area contributed by atoms with Gasteiger partial charge in [-0.1, -0.05) is 12.1 Å². The second-order valence-electron chi connectivity index (χ2n) is 8.28. The fourth-order valence-corrected chi connectivity index (χ4v) is 5.12. The molecule has 1 N–H and O–H groups in total. The van der Waals surface area contributed by atoms with Gasteiger partial charge in [-0.25, -0.2) is 4.98 Å². The van der Waals surface area contributed by atoms with Crippen molar-refractivity contribution in [3.8, 4) is 5.75 Å². The molecule has 0 saturated carbocycles. The first-order valence-corrected chi connectivity index (χ1v) is 12.2. The molecule has 1 aliphatic rings. The SMILES string of the molecule is O=C(Nc1nc([C@H]2CCCN2c2ccccc2OC(F)(F)F)cs1)c1cccn1Cc1ccncc1. The zero-order chi connectivity index (χ0) is 25.1. The Kier molecular flexibility index (Phi) is 6.64. The lowest BCUT2D eigenvalue weighted by atomic mass is 10.1. The lowest BCUT2D eigenvalue weighted by Gasteiger charge is -2.27. The zero-order valence-corrected chi connectivity index (χ0v) is 19.8. The molecule has 0 radical (unpaired) electrons. The smallest absolute Gasteiger partial charge is 0.404 e. The third-order valence-electron chi connectivity index (χ3n) is 5.90. The number of rotatable bonds is 7. The van der Waals surface area contributed by atoms with E-state index in [1.807, 2.05) is 33.2 Å². The summed E-state index contributed by atoms with van der Waals surface area (Å²) in [5.41, 5.74) is 2.57. The summed E-state index contributed by atoms with van der Waals surface area (Å²) in [6.45, 7) is 1.10. The van der Waals surface area contributed by atoms with Crippen molar-refractivity contribution in [3.63, 3.8) is 0 Å². The van der Waals surface area contributed by atoms with Crippen LogP contribution in [0.15, 0.2) is 72.5 Å². The fourth-order valence-electron chi connectivity index (χ4n) is 4.37. The molecule has 4 heterocycles. The molecule has 1 aliphatic heterocycles. The maximum absolute atomic E-state index is 13.0. The van der Waals surface area contributed by atoms with Gasteiger partial charge in [0.25, 0.3) is 5.91 Å². The van der Waals surface area contributed by atoms with Gasteiger partial charge in [0.15, 0.2) is 10.9 Å². The first-order chi connectivity index (χ1) is 17.4. The summed E-state index contributed by atoms with van der Waals surface area (Å²) in [4.78, 5) is 23.5. The number of nitrogens with one attached hydrogen (secondary N) is 1. The number of amides is 1. The molecule has 1 aromatic carbocycles. The molecule has 1 saturated heterocycles. The average molecular weight is 514 g/mol. The number of para-hydroxylation sites is 2. The van der Waals surface area contributed by atoms with E-state index < -0.39 is 6.36 Å². The number of anilines is 2. The molecule has 0 bridgehead atoms. The molecule has 7 nitrogen and oxygen atoms in total. The van der Waals surface area contributed by atoms with Gasteiger partial charge in [-0.3, -0.25) is 15.1 Å². The number of benzene rings is 1. The van der Waals surface area contributed by atoms with Crippen LogP contribution in [-0.4, -0.2) is 33.3 Å². The summed E-state index contributed by atoms with van der Waals surface area (Å²) in [5.74, 6) is -0.530. The Labute approximate surface area is 209 Å². The number of nitrogens with zero attached hydrogens (tertiary/aromatic N) is 4. The lowest BCUT2D eigenvalue weighted by molar-refractivity contribution is -0.274. The Morgan fingerprint density at radius 3 is 2.75 bits per heavy atom. The Morgan fingerprint density at radius 2 is 1.94 bits per heavy atom. The maximum atomic E-state index is 13.0. The van der Waals surface area contributed by atoms with E-state index in [4.69, 9.17) is 0 Å². The molecule has 3 aromatic heterocycles. The van der Waals surface area contributed by atoms with Gasteiger partial charge in [0, 0.05) is 37.1 Å². The number of hydrogen-bond acceptors (Lipinski definition) is 6. The summed E-state index contributed by atoms with van der Waals surface area (Å²) < 4.78 is 44.9. The van der Waals surface area contributed by atoms with Crippen LogP contribution in [0.1, 0.15) is 40.6 Å². The Bertz CT molecular complexity index is 1340. The minimum absolute atomic E-state index is 0.222. The van der Waals surface area contributed by atoms with E-state index >= 15 is 0 Å². The first-order valence-electron chi connectivity index (χ1n) is 11.3. The topological polar surface area (TPSA) is 72.3 Å². The van der Waals surface area contributed by atoms with Gasteiger partial charge in [0.2, 0.25) is 0 Å². The highest BCUT2D eigenvalue weighted by Gasteiger charge is 2.35. The zero-order valence-electron chi connectivity index (χ0n) is 19.0. The van der Waals surface area contributed by atoms with Gasteiger partial charge in [0.05, 0.1) is 17.4 Å². The number of alkyl halides is 3. The van der Waals surface area contributed by atoms with Gasteiger partial charge in [-0.05, 0) is 54.8 Å². The molecule has 0 aliphatic carbocycles. The minimum Gasteiger partial charge on any atom is -0.404 e. The number of carbonyl (C=O) groups is 1. The van der Waals surface area contributed by atoms with E-state index in [1.54, 1.807) is 36.7 Å². The van der Waals surface area contributed by atoms with Crippen molar-refractivity contribution in [2.75, 3.05) is 16.8 Å². The van der Waals surface area contributed by atoms with Crippen LogP contribution in [0.25, 0.3) is 0 Å². The van der Waals surface area contributed by atoms with E-state index in [1.165, 1.54) is 23.5 Å². The van der Waals surface area contributed by atoms with Crippen molar-refractivity contribution >= 4 is 28.1 Å². The predicted octanol–water partition coefficient (Wildman–Crippen LogP) is 5.88. The summed E-state index contributed by atoms with van der Waals surface area (Å²) in [6, 6.07) is 13.2. The molecule has 0 unspecified atom stereocenters. The van der Waals surface area contributed by atoms with E-state index in [9.17, 15) is 18.0 Å². The third kappa shape index (κ3) is 5.35. The van der Waals surface area contributed by atoms with Gasteiger partial charge < -0.3 is 14.2 Å². The van der Waals surface area contributed by atoms with Crippen LogP contribution >= 0.6 is 11.3 Å². The number of thiazole rings is 1. The summed E-state index contributed by atoms with van der Waals surface area (Å²) in [7, 11) is 0. The van der Waals surface area contributed by atoms with Gasteiger partial charge in [-0.2, -0.15) is 0 Å². The van der Waals surface area contributed by atoms with Crippen LogP contribution in [0.3, 0.4) is 0 Å². The summed E-state index contributed by atoms with van der Waals surface area (Å²) >= 11 is 1.28. The van der Waals surface area contributed by atoms with Crippen molar-refractivity contribution in [2.45, 2.75) is 31.8 Å². The monoisotopic (exact) mass is 513 g/mol. The molecule has 186 valence electrons. The number of aromatic nitrogens is 3. The second-order valence-corrected chi connectivity index (χ2v) is 9.13. The highest BCUT2D eigenvalue weighted by atomic mass is 32.1. The van der Waals surface area contributed by atoms with Crippen LogP contribution < -0.4 is 15.0 Å². The number of pyridine rings is 1. The van der Waals surface area contributed by atoms with Crippen molar-refractivity contribution in [3.05, 3.63) is 89.5 Å². The molecule has 1 amide bonds. The maximum Gasteiger partial charge on any atom is 0.573 e. The number of hydrogen-bond donors (Lipinski definition) is 1.